The molecule has 0 radical (unpaired) electrons. The molecule has 0 aliphatic heterocycles. The molecular formula is C23H14F3N5O2. The molecule has 4 aromatic heterocycles. The highest BCUT2D eigenvalue weighted by molar-refractivity contribution is 6.01. The van der Waals surface area contributed by atoms with Crippen LogP contribution in [0.1, 0.15) is 11.3 Å². The third-order valence-corrected chi connectivity index (χ3v) is 5.22. The molecule has 0 bridgehead atoms. The zero-order valence-corrected chi connectivity index (χ0v) is 17.0. The standard InChI is InChI=1S/C23H14F3N5O2/c1-12-5-6-13(10-27-12)17-7-8-18-19(29-17)20-16(11-28-18)21(32)30-22(33)31(20)15-4-2-3-14(9-15)23(24,25)26/h2-11H,1H3,(H,30,32,33). The maximum absolute atomic E-state index is 13.3. The van der Waals surface area contributed by atoms with Gasteiger partial charge < -0.3 is 0 Å². The van der Waals surface area contributed by atoms with Crippen LogP contribution in [-0.2, 0) is 6.18 Å². The number of alkyl halides is 3. The Morgan fingerprint density at radius 2 is 1.79 bits per heavy atom. The number of aromatic amines is 1. The van der Waals surface area contributed by atoms with Crippen LogP contribution >= 0.6 is 0 Å². The van der Waals surface area contributed by atoms with Crippen molar-refractivity contribution in [3.8, 4) is 16.9 Å². The fourth-order valence-corrected chi connectivity index (χ4v) is 3.62. The monoisotopic (exact) mass is 449 g/mol. The van der Waals surface area contributed by atoms with Crippen LogP contribution < -0.4 is 11.2 Å². The molecule has 1 N–H and O–H groups in total. The van der Waals surface area contributed by atoms with E-state index in [0.29, 0.717) is 16.8 Å². The highest BCUT2D eigenvalue weighted by atomic mass is 19.4. The van der Waals surface area contributed by atoms with E-state index < -0.39 is 23.0 Å². The van der Waals surface area contributed by atoms with E-state index in [0.717, 1.165) is 22.4 Å². The van der Waals surface area contributed by atoms with Crippen LogP contribution in [-0.4, -0.2) is 24.5 Å². The van der Waals surface area contributed by atoms with Gasteiger partial charge in [-0.2, -0.15) is 13.2 Å². The quantitative estimate of drug-likeness (QED) is 0.411. The summed E-state index contributed by atoms with van der Waals surface area (Å²) < 4.78 is 40.9. The topological polar surface area (TPSA) is 93.5 Å². The van der Waals surface area contributed by atoms with Crippen LogP contribution in [0.2, 0.25) is 0 Å². The third-order valence-electron chi connectivity index (χ3n) is 5.22. The van der Waals surface area contributed by atoms with Gasteiger partial charge in [0.2, 0.25) is 0 Å². The molecule has 0 unspecified atom stereocenters. The summed E-state index contributed by atoms with van der Waals surface area (Å²) in [5.74, 6) is 0. The molecule has 0 atom stereocenters. The Hall–Kier alpha value is -4.34. The first-order valence-electron chi connectivity index (χ1n) is 9.78. The molecule has 5 aromatic rings. The van der Waals surface area contributed by atoms with Crippen molar-refractivity contribution in [2.75, 3.05) is 0 Å². The molecule has 33 heavy (non-hydrogen) atoms. The maximum Gasteiger partial charge on any atom is 0.416 e. The number of nitrogens with zero attached hydrogens (tertiary/aromatic N) is 4. The lowest BCUT2D eigenvalue weighted by Gasteiger charge is -2.14. The number of H-pyrrole nitrogens is 1. The molecule has 1 aromatic carbocycles. The molecule has 0 aliphatic rings. The Balaban J connectivity index is 1.88. The minimum absolute atomic E-state index is 0.0196. The molecule has 0 amide bonds. The van der Waals surface area contributed by atoms with Crippen LogP contribution in [0, 0.1) is 6.92 Å². The Morgan fingerprint density at radius 1 is 0.970 bits per heavy atom. The molecule has 0 saturated heterocycles. The van der Waals surface area contributed by atoms with Crippen LogP contribution in [0.4, 0.5) is 13.2 Å². The molecule has 0 saturated carbocycles. The zero-order chi connectivity index (χ0) is 23.3. The summed E-state index contributed by atoms with van der Waals surface area (Å²) in [6.07, 6.45) is -1.70. The number of aromatic nitrogens is 5. The largest absolute Gasteiger partial charge is 0.416 e. The lowest BCUT2D eigenvalue weighted by Crippen LogP contribution is -2.29. The predicted octanol–water partition coefficient (Wildman–Crippen LogP) is 4.01. The van der Waals surface area contributed by atoms with E-state index in [9.17, 15) is 22.8 Å². The number of fused-ring (bicyclic) bond motifs is 3. The fraction of sp³-hybridized carbons (Fsp3) is 0.0870. The van der Waals surface area contributed by atoms with Gasteiger partial charge in [-0.05, 0) is 49.4 Å². The summed E-state index contributed by atoms with van der Waals surface area (Å²) in [6, 6.07) is 11.3. The minimum Gasteiger partial charge on any atom is -0.273 e. The molecule has 0 spiro atoms. The first kappa shape index (κ1) is 20.6. The smallest absolute Gasteiger partial charge is 0.273 e. The van der Waals surface area contributed by atoms with E-state index in [2.05, 4.69) is 19.9 Å². The molecule has 10 heteroatoms. The van der Waals surface area contributed by atoms with Crippen molar-refractivity contribution in [2.24, 2.45) is 0 Å². The third kappa shape index (κ3) is 3.55. The zero-order valence-electron chi connectivity index (χ0n) is 17.0. The predicted molar refractivity (Wildman–Crippen MR) is 116 cm³/mol. The van der Waals surface area contributed by atoms with E-state index in [1.807, 2.05) is 19.1 Å². The van der Waals surface area contributed by atoms with Crippen molar-refractivity contribution in [2.45, 2.75) is 13.1 Å². The minimum atomic E-state index is -4.61. The van der Waals surface area contributed by atoms with Crippen LogP contribution in [0.25, 0.3) is 38.9 Å². The second-order valence-corrected chi connectivity index (χ2v) is 7.42. The van der Waals surface area contributed by atoms with Gasteiger partial charge in [0.1, 0.15) is 5.52 Å². The molecule has 0 aliphatic carbocycles. The lowest BCUT2D eigenvalue weighted by atomic mass is 10.1. The molecular weight excluding hydrogens is 435 g/mol. The summed E-state index contributed by atoms with van der Waals surface area (Å²) >= 11 is 0. The van der Waals surface area contributed by atoms with E-state index in [1.165, 1.54) is 18.3 Å². The van der Waals surface area contributed by atoms with Crippen molar-refractivity contribution >= 4 is 21.9 Å². The summed E-state index contributed by atoms with van der Waals surface area (Å²) in [4.78, 5) is 40.6. The molecule has 7 nitrogen and oxygen atoms in total. The van der Waals surface area contributed by atoms with Gasteiger partial charge in [0, 0.05) is 23.7 Å². The summed E-state index contributed by atoms with van der Waals surface area (Å²) in [6.45, 7) is 1.84. The number of hydrogen-bond acceptors (Lipinski definition) is 5. The number of hydrogen-bond donors (Lipinski definition) is 1. The lowest BCUT2D eigenvalue weighted by molar-refractivity contribution is -0.137. The summed E-state index contributed by atoms with van der Waals surface area (Å²) in [7, 11) is 0. The van der Waals surface area contributed by atoms with Crippen molar-refractivity contribution in [1.29, 1.82) is 0 Å². The van der Waals surface area contributed by atoms with E-state index in [4.69, 9.17) is 0 Å². The first-order chi connectivity index (χ1) is 15.7. The Labute approximate surface area is 183 Å². The van der Waals surface area contributed by atoms with Gasteiger partial charge in [-0.25, -0.2) is 9.78 Å². The normalized spacial score (nSPS) is 11.9. The fourth-order valence-electron chi connectivity index (χ4n) is 3.62. The Kier molecular flexibility index (Phi) is 4.59. The number of halogens is 3. The van der Waals surface area contributed by atoms with E-state index in [1.54, 1.807) is 18.3 Å². The van der Waals surface area contributed by atoms with E-state index >= 15 is 0 Å². The van der Waals surface area contributed by atoms with E-state index in [-0.39, 0.29) is 22.1 Å². The number of rotatable bonds is 2. The first-order valence-corrected chi connectivity index (χ1v) is 9.78. The van der Waals surface area contributed by atoms with Gasteiger partial charge >= 0.3 is 11.9 Å². The number of pyridine rings is 3. The van der Waals surface area contributed by atoms with Gasteiger partial charge in [0.05, 0.1) is 33.4 Å². The SMILES string of the molecule is Cc1ccc(-c2ccc3ncc4c(=O)[nH]c(=O)n(-c5cccc(C(F)(F)F)c5)c4c3n2)cn1. The second kappa shape index (κ2) is 7.37. The van der Waals surface area contributed by atoms with Crippen molar-refractivity contribution in [1.82, 2.24) is 24.5 Å². The van der Waals surface area contributed by atoms with Crippen molar-refractivity contribution in [3.63, 3.8) is 0 Å². The molecule has 5 rings (SSSR count). The highest BCUT2D eigenvalue weighted by Crippen LogP contribution is 2.31. The van der Waals surface area contributed by atoms with Crippen LogP contribution in [0.5, 0.6) is 0 Å². The van der Waals surface area contributed by atoms with Crippen LogP contribution in [0.3, 0.4) is 0 Å². The number of aryl methyl sites for hydroxylation is 1. The average Bonchev–Trinajstić information content (AvgIpc) is 2.79. The van der Waals surface area contributed by atoms with Crippen LogP contribution in [0.15, 0.2) is 70.5 Å². The molecule has 164 valence electrons. The number of nitrogens with one attached hydrogen (secondary N) is 1. The van der Waals surface area contributed by atoms with Gasteiger partial charge in [-0.3, -0.25) is 24.3 Å². The highest BCUT2D eigenvalue weighted by Gasteiger charge is 2.31. The van der Waals surface area contributed by atoms with Crippen molar-refractivity contribution < 1.29 is 13.2 Å². The Morgan fingerprint density at radius 3 is 2.52 bits per heavy atom. The van der Waals surface area contributed by atoms with Gasteiger partial charge in [-0.1, -0.05) is 6.07 Å². The maximum atomic E-state index is 13.3. The second-order valence-electron chi connectivity index (χ2n) is 7.42. The molecule has 4 heterocycles. The average molecular weight is 449 g/mol. The summed E-state index contributed by atoms with van der Waals surface area (Å²) in [5.41, 5.74) is 0.0665. The van der Waals surface area contributed by atoms with Gasteiger partial charge in [0.25, 0.3) is 5.56 Å². The Bertz CT molecular complexity index is 1650. The van der Waals surface area contributed by atoms with Gasteiger partial charge in [-0.15, -0.1) is 0 Å². The van der Waals surface area contributed by atoms with Crippen molar-refractivity contribution in [3.05, 3.63) is 93.0 Å². The molecule has 0 fully saturated rings. The summed E-state index contributed by atoms with van der Waals surface area (Å²) in [5, 5.41) is 0.0196. The van der Waals surface area contributed by atoms with Gasteiger partial charge in [0.15, 0.2) is 0 Å². The number of benzene rings is 1.